The second-order valence-electron chi connectivity index (χ2n) is 6.55. The fourth-order valence-corrected chi connectivity index (χ4v) is 3.64. The molecule has 0 radical (unpaired) electrons. The first-order valence-electron chi connectivity index (χ1n) is 8.71. The van der Waals surface area contributed by atoms with E-state index in [-0.39, 0.29) is 11.7 Å². The minimum Gasteiger partial charge on any atom is -0.381 e. The van der Waals surface area contributed by atoms with E-state index in [0.29, 0.717) is 30.3 Å². The third-order valence-corrected chi connectivity index (χ3v) is 4.96. The average Bonchev–Trinajstić information content (AvgIpc) is 3.23. The number of aromatic nitrogens is 6. The lowest BCUT2D eigenvalue weighted by Gasteiger charge is -2.22. The summed E-state index contributed by atoms with van der Waals surface area (Å²) in [5.74, 6) is 0.517. The topological polar surface area (TPSA) is 90.6 Å². The van der Waals surface area contributed by atoms with E-state index in [2.05, 4.69) is 15.0 Å². The molecule has 5 rings (SSSR count). The summed E-state index contributed by atoms with van der Waals surface area (Å²) in [6.45, 7) is 3.20. The van der Waals surface area contributed by atoms with Crippen molar-refractivity contribution >= 4 is 22.2 Å². The van der Waals surface area contributed by atoms with Gasteiger partial charge in [0.15, 0.2) is 5.65 Å². The summed E-state index contributed by atoms with van der Waals surface area (Å²) < 4.78 is 9.05. The van der Waals surface area contributed by atoms with Crippen molar-refractivity contribution in [2.45, 2.75) is 25.8 Å². The number of nitrogens with one attached hydrogen (secondary N) is 1. The fourth-order valence-electron chi connectivity index (χ4n) is 3.64. The van der Waals surface area contributed by atoms with Crippen LogP contribution in [0, 0.1) is 6.92 Å². The first-order valence-corrected chi connectivity index (χ1v) is 8.71. The van der Waals surface area contributed by atoms with Gasteiger partial charge >= 0.3 is 5.69 Å². The van der Waals surface area contributed by atoms with Gasteiger partial charge in [-0.3, -0.25) is 9.13 Å². The van der Waals surface area contributed by atoms with Crippen molar-refractivity contribution in [2.75, 3.05) is 13.2 Å². The molecule has 0 aliphatic carbocycles. The summed E-state index contributed by atoms with van der Waals surface area (Å²) in [4.78, 5) is 29.2. The van der Waals surface area contributed by atoms with E-state index >= 15 is 0 Å². The van der Waals surface area contributed by atoms with Gasteiger partial charge in [0.25, 0.3) is 0 Å². The number of nitrogens with zero attached hydrogens (tertiary/aromatic N) is 5. The molecule has 0 amide bonds. The standard InChI is InChI=1S/C18H18N6O2/c1-11-15-16(24(18(25)21-15)12-6-8-26-9-7-12)22-17(20-11)23-10-19-13-4-2-3-5-14(13)23/h2-5,10,12H,6-9H2,1H3,(H,21,25). The number of rotatable bonds is 2. The van der Waals surface area contributed by atoms with E-state index in [0.717, 1.165) is 29.6 Å². The van der Waals surface area contributed by atoms with E-state index in [4.69, 9.17) is 9.72 Å². The molecular formula is C18H18N6O2. The number of aromatic amines is 1. The van der Waals surface area contributed by atoms with Gasteiger partial charge in [-0.2, -0.15) is 4.98 Å². The van der Waals surface area contributed by atoms with Gasteiger partial charge < -0.3 is 9.72 Å². The highest BCUT2D eigenvalue weighted by Crippen LogP contribution is 2.24. The van der Waals surface area contributed by atoms with E-state index < -0.39 is 0 Å². The molecule has 0 bridgehead atoms. The number of imidazole rings is 2. The van der Waals surface area contributed by atoms with Crippen molar-refractivity contribution in [2.24, 2.45) is 0 Å². The minimum absolute atomic E-state index is 0.0895. The Bertz CT molecular complexity index is 1170. The molecule has 0 unspecified atom stereocenters. The van der Waals surface area contributed by atoms with Gasteiger partial charge in [-0.15, -0.1) is 0 Å². The number of hydrogen-bond acceptors (Lipinski definition) is 5. The van der Waals surface area contributed by atoms with Gasteiger partial charge in [0, 0.05) is 19.3 Å². The zero-order chi connectivity index (χ0) is 17.7. The highest BCUT2D eigenvalue weighted by atomic mass is 16.5. The fraction of sp³-hybridized carbons (Fsp3) is 0.333. The highest BCUT2D eigenvalue weighted by molar-refractivity contribution is 5.78. The van der Waals surface area contributed by atoms with Crippen molar-refractivity contribution < 1.29 is 4.74 Å². The van der Waals surface area contributed by atoms with Crippen LogP contribution in [-0.4, -0.2) is 42.3 Å². The molecule has 1 aliphatic rings. The first-order chi connectivity index (χ1) is 12.7. The van der Waals surface area contributed by atoms with Crippen molar-refractivity contribution in [3.8, 4) is 5.95 Å². The van der Waals surface area contributed by atoms with Crippen LogP contribution in [-0.2, 0) is 4.74 Å². The van der Waals surface area contributed by atoms with E-state index in [1.165, 1.54) is 0 Å². The summed E-state index contributed by atoms with van der Waals surface area (Å²) in [5.41, 5.74) is 3.74. The molecule has 1 aliphatic heterocycles. The van der Waals surface area contributed by atoms with Crippen molar-refractivity contribution in [3.05, 3.63) is 46.8 Å². The summed E-state index contributed by atoms with van der Waals surface area (Å²) in [6.07, 6.45) is 3.33. The molecule has 0 atom stereocenters. The van der Waals surface area contributed by atoms with Crippen LogP contribution in [0.3, 0.4) is 0 Å². The predicted octanol–water partition coefficient (Wildman–Crippen LogP) is 2.12. The van der Waals surface area contributed by atoms with Gasteiger partial charge in [0.05, 0.1) is 16.7 Å². The molecule has 4 heterocycles. The monoisotopic (exact) mass is 350 g/mol. The van der Waals surface area contributed by atoms with Crippen LogP contribution in [0.5, 0.6) is 0 Å². The Kier molecular flexibility index (Phi) is 3.39. The first kappa shape index (κ1) is 15.3. The van der Waals surface area contributed by atoms with Crippen LogP contribution in [0.15, 0.2) is 35.4 Å². The van der Waals surface area contributed by atoms with Crippen LogP contribution in [0.2, 0.25) is 0 Å². The van der Waals surface area contributed by atoms with Crippen LogP contribution in [0.4, 0.5) is 0 Å². The summed E-state index contributed by atoms with van der Waals surface area (Å²) >= 11 is 0. The van der Waals surface area contributed by atoms with Gasteiger partial charge in [-0.25, -0.2) is 14.8 Å². The third-order valence-electron chi connectivity index (χ3n) is 4.96. The molecule has 1 aromatic carbocycles. The van der Waals surface area contributed by atoms with Crippen molar-refractivity contribution in [1.29, 1.82) is 0 Å². The third kappa shape index (κ3) is 2.26. The Morgan fingerprint density at radius 2 is 2.00 bits per heavy atom. The van der Waals surface area contributed by atoms with E-state index in [1.807, 2.05) is 35.8 Å². The lowest BCUT2D eigenvalue weighted by molar-refractivity contribution is 0.0697. The Morgan fingerprint density at radius 1 is 1.19 bits per heavy atom. The molecule has 0 spiro atoms. The van der Waals surface area contributed by atoms with E-state index in [1.54, 1.807) is 10.9 Å². The number of ether oxygens (including phenoxy) is 1. The molecule has 3 aromatic heterocycles. The maximum atomic E-state index is 12.6. The SMILES string of the molecule is Cc1nc(-n2cnc3ccccc32)nc2c1[nH]c(=O)n2C1CCOCC1. The van der Waals surface area contributed by atoms with Crippen LogP contribution >= 0.6 is 0 Å². The lowest BCUT2D eigenvalue weighted by atomic mass is 10.1. The molecule has 4 aromatic rings. The minimum atomic E-state index is -0.142. The maximum Gasteiger partial charge on any atom is 0.327 e. The highest BCUT2D eigenvalue weighted by Gasteiger charge is 2.23. The second kappa shape index (κ2) is 5.77. The zero-order valence-electron chi connectivity index (χ0n) is 14.3. The Labute approximate surface area is 148 Å². The Morgan fingerprint density at radius 3 is 2.85 bits per heavy atom. The van der Waals surface area contributed by atoms with Gasteiger partial charge in [0.1, 0.15) is 11.8 Å². The van der Waals surface area contributed by atoms with Crippen LogP contribution in [0.25, 0.3) is 28.1 Å². The Balaban J connectivity index is 1.74. The number of fused-ring (bicyclic) bond motifs is 2. The summed E-state index contributed by atoms with van der Waals surface area (Å²) in [5, 5.41) is 0. The number of hydrogen-bond donors (Lipinski definition) is 1. The number of H-pyrrole nitrogens is 1. The molecule has 1 N–H and O–H groups in total. The maximum absolute atomic E-state index is 12.6. The van der Waals surface area contributed by atoms with E-state index in [9.17, 15) is 4.79 Å². The van der Waals surface area contributed by atoms with Crippen LogP contribution < -0.4 is 5.69 Å². The van der Waals surface area contributed by atoms with Crippen LogP contribution in [0.1, 0.15) is 24.6 Å². The molecule has 8 heteroatoms. The Hall–Kier alpha value is -3.00. The lowest BCUT2D eigenvalue weighted by Crippen LogP contribution is -2.27. The summed E-state index contributed by atoms with van der Waals surface area (Å²) in [6, 6.07) is 7.93. The number of para-hydroxylation sites is 2. The zero-order valence-corrected chi connectivity index (χ0v) is 14.3. The second-order valence-corrected chi connectivity index (χ2v) is 6.55. The number of aryl methyl sites for hydroxylation is 1. The largest absolute Gasteiger partial charge is 0.381 e. The molecular weight excluding hydrogens is 332 g/mol. The number of benzene rings is 1. The molecule has 1 fully saturated rings. The molecule has 1 saturated heterocycles. The normalized spacial score (nSPS) is 15.9. The van der Waals surface area contributed by atoms with Gasteiger partial charge in [-0.05, 0) is 31.9 Å². The summed E-state index contributed by atoms with van der Waals surface area (Å²) in [7, 11) is 0. The van der Waals surface area contributed by atoms with Gasteiger partial charge in [-0.1, -0.05) is 12.1 Å². The molecule has 26 heavy (non-hydrogen) atoms. The predicted molar refractivity (Wildman–Crippen MR) is 96.6 cm³/mol. The van der Waals surface area contributed by atoms with Gasteiger partial charge in [0.2, 0.25) is 5.95 Å². The molecule has 132 valence electrons. The van der Waals surface area contributed by atoms with Crippen molar-refractivity contribution in [1.82, 2.24) is 29.1 Å². The average molecular weight is 350 g/mol. The molecule has 0 saturated carbocycles. The smallest absolute Gasteiger partial charge is 0.327 e. The van der Waals surface area contributed by atoms with Crippen molar-refractivity contribution in [3.63, 3.8) is 0 Å². The molecule has 8 nitrogen and oxygen atoms in total. The quantitative estimate of drug-likeness (QED) is 0.598.